The number of halogens is 1. The van der Waals surface area contributed by atoms with Gasteiger partial charge in [-0.2, -0.15) is 0 Å². The minimum absolute atomic E-state index is 0.194. The monoisotopic (exact) mass is 252 g/mol. The van der Waals surface area contributed by atoms with Crippen LogP contribution in [0.3, 0.4) is 0 Å². The van der Waals surface area contributed by atoms with Crippen molar-refractivity contribution in [1.29, 1.82) is 0 Å². The maximum atomic E-state index is 11.0. The van der Waals surface area contributed by atoms with Gasteiger partial charge in [0, 0.05) is 17.3 Å². The predicted molar refractivity (Wildman–Crippen MR) is 66.4 cm³/mol. The van der Waals surface area contributed by atoms with Crippen LogP contribution in [0.4, 0.5) is 0 Å². The van der Waals surface area contributed by atoms with Crippen LogP contribution in [0.2, 0.25) is 5.02 Å². The van der Waals surface area contributed by atoms with Gasteiger partial charge in [0.15, 0.2) is 4.77 Å². The van der Waals surface area contributed by atoms with E-state index in [1.807, 2.05) is 24.3 Å². The lowest BCUT2D eigenvalue weighted by atomic mass is 10.2. The van der Waals surface area contributed by atoms with Gasteiger partial charge in [-0.05, 0) is 23.8 Å². The molecule has 0 atom stereocenters. The second-order valence-electron chi connectivity index (χ2n) is 3.33. The van der Waals surface area contributed by atoms with E-state index in [0.29, 0.717) is 16.3 Å². The lowest BCUT2D eigenvalue weighted by molar-refractivity contribution is 0.745. The number of benzene rings is 1. The van der Waals surface area contributed by atoms with Crippen molar-refractivity contribution in [2.24, 2.45) is 0 Å². The summed E-state index contributed by atoms with van der Waals surface area (Å²) in [4.78, 5) is 13.6. The normalized spacial score (nSPS) is 10.3. The summed E-state index contributed by atoms with van der Waals surface area (Å²) in [6, 6.07) is 8.97. The van der Waals surface area contributed by atoms with Crippen molar-refractivity contribution in [2.75, 3.05) is 0 Å². The molecule has 5 heteroatoms. The van der Waals surface area contributed by atoms with E-state index in [-0.39, 0.29) is 5.56 Å². The molecule has 0 aliphatic rings. The molecule has 16 heavy (non-hydrogen) atoms. The van der Waals surface area contributed by atoms with E-state index in [2.05, 4.69) is 4.98 Å². The lowest BCUT2D eigenvalue weighted by Crippen LogP contribution is -2.11. The molecule has 0 unspecified atom stereocenters. The molecule has 2 aromatic rings. The first-order valence-electron chi connectivity index (χ1n) is 4.70. The molecule has 1 N–H and O–H groups in total. The summed E-state index contributed by atoms with van der Waals surface area (Å²) in [7, 11) is 0. The summed E-state index contributed by atoms with van der Waals surface area (Å²) in [5.41, 5.74) is 0.771. The summed E-state index contributed by atoms with van der Waals surface area (Å²) in [6.45, 7) is 0.551. The molecular formula is C11H9ClN2OS. The quantitative estimate of drug-likeness (QED) is 0.835. The summed E-state index contributed by atoms with van der Waals surface area (Å²) in [5.74, 6) is 0. The Morgan fingerprint density at radius 1 is 1.31 bits per heavy atom. The van der Waals surface area contributed by atoms with E-state index < -0.39 is 0 Å². The maximum Gasteiger partial charge on any atom is 0.251 e. The van der Waals surface area contributed by atoms with Crippen LogP contribution in [-0.2, 0) is 6.54 Å². The number of nitrogens with one attached hydrogen (secondary N) is 1. The van der Waals surface area contributed by atoms with Crippen molar-refractivity contribution >= 4 is 23.8 Å². The third kappa shape index (κ3) is 2.40. The highest BCUT2D eigenvalue weighted by Gasteiger charge is 2.00. The van der Waals surface area contributed by atoms with Crippen LogP contribution in [0.15, 0.2) is 41.3 Å². The molecule has 0 fully saturated rings. The molecule has 0 saturated heterocycles. The summed E-state index contributed by atoms with van der Waals surface area (Å²) >= 11 is 11.1. The summed E-state index contributed by atoms with van der Waals surface area (Å²) < 4.78 is 2.16. The number of aromatic nitrogens is 2. The molecule has 82 valence electrons. The van der Waals surface area contributed by atoms with Gasteiger partial charge in [0.1, 0.15) is 0 Å². The van der Waals surface area contributed by atoms with Gasteiger partial charge in [0.25, 0.3) is 5.56 Å². The molecule has 0 aliphatic carbocycles. The van der Waals surface area contributed by atoms with E-state index in [0.717, 1.165) is 5.56 Å². The Labute approximate surface area is 102 Å². The van der Waals surface area contributed by atoms with Gasteiger partial charge in [-0.15, -0.1) is 0 Å². The van der Waals surface area contributed by atoms with E-state index in [4.69, 9.17) is 23.8 Å². The first-order chi connectivity index (χ1) is 7.66. The number of hydrogen-bond donors (Lipinski definition) is 1. The van der Waals surface area contributed by atoms with Crippen molar-refractivity contribution in [3.63, 3.8) is 0 Å². The third-order valence-electron chi connectivity index (χ3n) is 2.20. The number of H-pyrrole nitrogens is 1. The minimum atomic E-state index is -0.194. The zero-order valence-corrected chi connectivity index (χ0v) is 9.89. The van der Waals surface area contributed by atoms with E-state index in [1.54, 1.807) is 10.8 Å². The Kier molecular flexibility index (Phi) is 3.22. The smallest absolute Gasteiger partial charge is 0.251 e. The Bertz CT molecular complexity index is 618. The largest absolute Gasteiger partial charge is 0.321 e. The van der Waals surface area contributed by atoms with Crippen molar-refractivity contribution in [1.82, 2.24) is 9.55 Å². The third-order valence-corrected chi connectivity index (χ3v) is 2.90. The first-order valence-corrected chi connectivity index (χ1v) is 5.48. The van der Waals surface area contributed by atoms with Gasteiger partial charge in [0.2, 0.25) is 0 Å². The van der Waals surface area contributed by atoms with Crippen LogP contribution < -0.4 is 5.56 Å². The highest BCUT2D eigenvalue weighted by Crippen LogP contribution is 2.15. The van der Waals surface area contributed by atoms with Crippen LogP contribution in [-0.4, -0.2) is 9.55 Å². The molecule has 1 aromatic carbocycles. The number of rotatable bonds is 2. The van der Waals surface area contributed by atoms with Gasteiger partial charge in [-0.3, -0.25) is 9.78 Å². The Balaban J connectivity index is 2.38. The second-order valence-corrected chi connectivity index (χ2v) is 4.12. The highest BCUT2D eigenvalue weighted by molar-refractivity contribution is 7.71. The zero-order valence-electron chi connectivity index (χ0n) is 8.31. The van der Waals surface area contributed by atoms with Gasteiger partial charge in [-0.1, -0.05) is 29.8 Å². The van der Waals surface area contributed by atoms with E-state index >= 15 is 0 Å². The van der Waals surface area contributed by atoms with Crippen molar-refractivity contribution in [3.05, 3.63) is 62.2 Å². The topological polar surface area (TPSA) is 37.8 Å². The van der Waals surface area contributed by atoms with E-state index in [1.165, 1.54) is 6.07 Å². The van der Waals surface area contributed by atoms with Crippen LogP contribution in [0, 0.1) is 4.77 Å². The fourth-order valence-electron chi connectivity index (χ4n) is 1.38. The van der Waals surface area contributed by atoms with Crippen LogP contribution in [0.1, 0.15) is 5.56 Å². The molecule has 1 aromatic heterocycles. The SMILES string of the molecule is O=c1ccn(Cc2ccccc2Cl)c(=S)[nH]1. The van der Waals surface area contributed by atoms with Gasteiger partial charge in [0.05, 0.1) is 6.54 Å². The molecule has 0 radical (unpaired) electrons. The fourth-order valence-corrected chi connectivity index (χ4v) is 1.80. The van der Waals surface area contributed by atoms with Crippen LogP contribution in [0.5, 0.6) is 0 Å². The molecule has 0 saturated carbocycles. The van der Waals surface area contributed by atoms with Gasteiger partial charge < -0.3 is 4.57 Å². The summed E-state index contributed by atoms with van der Waals surface area (Å²) in [6.07, 6.45) is 1.66. The number of nitrogens with zero attached hydrogens (tertiary/aromatic N) is 1. The van der Waals surface area contributed by atoms with Crippen molar-refractivity contribution in [2.45, 2.75) is 6.54 Å². The number of hydrogen-bond acceptors (Lipinski definition) is 2. The van der Waals surface area contributed by atoms with Gasteiger partial charge >= 0.3 is 0 Å². The highest BCUT2D eigenvalue weighted by atomic mass is 35.5. The Morgan fingerprint density at radius 3 is 2.75 bits per heavy atom. The first kappa shape index (κ1) is 11.1. The summed E-state index contributed by atoms with van der Waals surface area (Å²) in [5, 5.41) is 0.690. The van der Waals surface area contributed by atoms with Crippen LogP contribution in [0.25, 0.3) is 0 Å². The molecule has 2 rings (SSSR count). The Hall–Kier alpha value is -1.39. The van der Waals surface area contributed by atoms with Crippen LogP contribution >= 0.6 is 23.8 Å². The predicted octanol–water partition coefficient (Wildman–Crippen LogP) is 2.61. The molecular weight excluding hydrogens is 244 g/mol. The van der Waals surface area contributed by atoms with Gasteiger partial charge in [-0.25, -0.2) is 0 Å². The molecule has 0 aliphatic heterocycles. The Morgan fingerprint density at radius 2 is 2.06 bits per heavy atom. The molecule has 1 heterocycles. The van der Waals surface area contributed by atoms with E-state index in [9.17, 15) is 4.79 Å². The molecule has 0 bridgehead atoms. The maximum absolute atomic E-state index is 11.0. The molecule has 0 spiro atoms. The zero-order chi connectivity index (χ0) is 11.5. The molecule has 3 nitrogen and oxygen atoms in total. The fraction of sp³-hybridized carbons (Fsp3) is 0.0909. The van der Waals surface area contributed by atoms with Crippen molar-refractivity contribution in [3.8, 4) is 0 Å². The average Bonchev–Trinajstić information content (AvgIpc) is 2.25. The average molecular weight is 253 g/mol. The molecule has 0 amide bonds. The standard InChI is InChI=1S/C11H9ClN2OS/c12-9-4-2-1-3-8(9)7-14-6-5-10(15)13-11(14)16/h1-6H,7H2,(H,13,15,16). The number of aromatic amines is 1. The van der Waals surface area contributed by atoms with Crippen molar-refractivity contribution < 1.29 is 0 Å². The lowest BCUT2D eigenvalue weighted by Gasteiger charge is -2.07. The second kappa shape index (κ2) is 4.63. The minimum Gasteiger partial charge on any atom is -0.321 e.